The topological polar surface area (TPSA) is 32.3 Å². The van der Waals surface area contributed by atoms with Crippen molar-refractivity contribution in [3.05, 3.63) is 0 Å². The van der Waals surface area contributed by atoms with Gasteiger partial charge >= 0.3 is 0 Å². The van der Waals surface area contributed by atoms with Gasteiger partial charge in [0.25, 0.3) is 0 Å². The molecule has 2 fully saturated rings. The molecular formula is C18H32N2OS. The molecule has 4 heteroatoms. The highest BCUT2D eigenvalue weighted by molar-refractivity contribution is 7.80. The maximum atomic E-state index is 12.3. The molecule has 0 radical (unpaired) electrons. The van der Waals surface area contributed by atoms with Crippen LogP contribution in [-0.4, -0.2) is 28.0 Å². The lowest BCUT2D eigenvalue weighted by Gasteiger charge is -2.43. The highest BCUT2D eigenvalue weighted by Gasteiger charge is 2.32. The van der Waals surface area contributed by atoms with Gasteiger partial charge in [-0.25, -0.2) is 0 Å². The third-order valence-electron chi connectivity index (χ3n) is 5.07. The van der Waals surface area contributed by atoms with Crippen molar-refractivity contribution in [1.82, 2.24) is 10.2 Å². The number of rotatable bonds is 2. The van der Waals surface area contributed by atoms with Crippen molar-refractivity contribution in [2.75, 3.05) is 0 Å². The minimum atomic E-state index is -0.394. The molecule has 3 nitrogen and oxygen atoms in total. The molecule has 2 aliphatic rings. The van der Waals surface area contributed by atoms with E-state index in [1.54, 1.807) is 0 Å². The molecule has 2 saturated carbocycles. The lowest BCUT2D eigenvalue weighted by atomic mass is 9.89. The summed E-state index contributed by atoms with van der Waals surface area (Å²) in [6.07, 6.45) is 12.8. The van der Waals surface area contributed by atoms with Gasteiger partial charge in [-0.2, -0.15) is 0 Å². The lowest BCUT2D eigenvalue weighted by molar-refractivity contribution is -0.127. The highest BCUT2D eigenvalue weighted by Crippen LogP contribution is 2.30. The molecule has 0 heterocycles. The second kappa shape index (κ2) is 7.76. The van der Waals surface area contributed by atoms with Crippen LogP contribution in [0.1, 0.15) is 85.0 Å². The number of amides is 1. The largest absolute Gasteiger partial charge is 0.343 e. The minimum absolute atomic E-state index is 0.0362. The Morgan fingerprint density at radius 1 is 0.909 bits per heavy atom. The molecule has 0 aromatic carbocycles. The number of thiocarbonyl (C=S) groups is 1. The van der Waals surface area contributed by atoms with Crippen LogP contribution < -0.4 is 5.32 Å². The van der Waals surface area contributed by atoms with Gasteiger partial charge < -0.3 is 10.2 Å². The fourth-order valence-corrected chi connectivity index (χ4v) is 4.09. The Kier molecular flexibility index (Phi) is 6.25. The van der Waals surface area contributed by atoms with Crippen molar-refractivity contribution >= 4 is 23.2 Å². The summed E-state index contributed by atoms with van der Waals surface area (Å²) in [5, 5.41) is 3.71. The number of carbonyl (C=O) groups excluding carboxylic acids is 1. The fraction of sp³-hybridized carbons (Fsp3) is 0.889. The number of carbonyl (C=O) groups is 1. The average Bonchev–Trinajstić information content (AvgIpc) is 2.48. The summed E-state index contributed by atoms with van der Waals surface area (Å²) in [6, 6.07) is 1.06. The predicted octanol–water partition coefficient (Wildman–Crippen LogP) is 4.40. The molecule has 22 heavy (non-hydrogen) atoms. The van der Waals surface area contributed by atoms with Crippen LogP contribution in [0, 0.1) is 5.41 Å². The van der Waals surface area contributed by atoms with E-state index in [1.165, 1.54) is 64.2 Å². The first-order valence-corrected chi connectivity index (χ1v) is 9.44. The van der Waals surface area contributed by atoms with Gasteiger partial charge in [0.05, 0.1) is 0 Å². The summed E-state index contributed by atoms with van der Waals surface area (Å²) in [7, 11) is 0. The van der Waals surface area contributed by atoms with Crippen molar-refractivity contribution in [2.45, 2.75) is 97.1 Å². The first kappa shape index (κ1) is 17.7. The van der Waals surface area contributed by atoms with E-state index in [2.05, 4.69) is 10.2 Å². The Morgan fingerprint density at radius 2 is 1.32 bits per heavy atom. The lowest BCUT2D eigenvalue weighted by Crippen LogP contribution is -2.55. The molecular weight excluding hydrogens is 292 g/mol. The Morgan fingerprint density at radius 3 is 1.68 bits per heavy atom. The zero-order chi connectivity index (χ0) is 16.2. The average molecular weight is 325 g/mol. The number of nitrogens with zero attached hydrogens (tertiary/aromatic N) is 1. The molecule has 0 saturated heterocycles. The molecule has 0 atom stereocenters. The van der Waals surface area contributed by atoms with E-state index in [1.807, 2.05) is 20.8 Å². The van der Waals surface area contributed by atoms with E-state index in [0.29, 0.717) is 17.2 Å². The second-order valence-electron chi connectivity index (χ2n) is 8.00. The normalized spacial score (nSPS) is 21.4. The zero-order valence-corrected chi connectivity index (χ0v) is 15.3. The van der Waals surface area contributed by atoms with Crippen LogP contribution in [0.4, 0.5) is 0 Å². The molecule has 126 valence electrons. The third-order valence-corrected chi connectivity index (χ3v) is 5.39. The monoisotopic (exact) mass is 324 g/mol. The Labute approximate surface area is 141 Å². The van der Waals surface area contributed by atoms with Crippen LogP contribution in [0.2, 0.25) is 0 Å². The van der Waals surface area contributed by atoms with Crippen LogP contribution >= 0.6 is 12.2 Å². The van der Waals surface area contributed by atoms with Gasteiger partial charge in [0.1, 0.15) is 0 Å². The van der Waals surface area contributed by atoms with Crippen molar-refractivity contribution in [3.8, 4) is 0 Å². The minimum Gasteiger partial charge on any atom is -0.343 e. The van der Waals surface area contributed by atoms with Crippen LogP contribution in [0.3, 0.4) is 0 Å². The van der Waals surface area contributed by atoms with Crippen LogP contribution in [-0.2, 0) is 4.79 Å². The van der Waals surface area contributed by atoms with Gasteiger partial charge in [-0.15, -0.1) is 0 Å². The standard InChI is InChI=1S/C18H32N2OS/c1-18(2,3)16(21)19-17(22)20(14-10-6-4-7-11-14)15-12-8-5-9-13-15/h14-15H,4-13H2,1-3H3,(H,19,21,22). The van der Waals surface area contributed by atoms with Gasteiger partial charge in [-0.3, -0.25) is 4.79 Å². The maximum Gasteiger partial charge on any atom is 0.231 e. The van der Waals surface area contributed by atoms with Crippen LogP contribution in [0.5, 0.6) is 0 Å². The summed E-state index contributed by atoms with van der Waals surface area (Å²) < 4.78 is 0. The van der Waals surface area contributed by atoms with E-state index < -0.39 is 5.41 Å². The molecule has 0 bridgehead atoms. The van der Waals surface area contributed by atoms with Crippen molar-refractivity contribution in [2.24, 2.45) is 5.41 Å². The van der Waals surface area contributed by atoms with Crippen LogP contribution in [0.15, 0.2) is 0 Å². The van der Waals surface area contributed by atoms with E-state index >= 15 is 0 Å². The SMILES string of the molecule is CC(C)(C)C(=O)NC(=S)N(C1CCCCC1)C1CCCCC1. The molecule has 0 aromatic rings. The Balaban J connectivity index is 2.08. The van der Waals surface area contributed by atoms with Crippen molar-refractivity contribution < 1.29 is 4.79 Å². The quantitative estimate of drug-likeness (QED) is 0.764. The predicted molar refractivity (Wildman–Crippen MR) is 95.8 cm³/mol. The maximum absolute atomic E-state index is 12.3. The second-order valence-corrected chi connectivity index (χ2v) is 8.39. The molecule has 2 aliphatic carbocycles. The van der Waals surface area contributed by atoms with Crippen molar-refractivity contribution in [1.29, 1.82) is 0 Å². The van der Waals surface area contributed by atoms with E-state index in [9.17, 15) is 4.79 Å². The number of hydrogen-bond acceptors (Lipinski definition) is 2. The first-order valence-electron chi connectivity index (χ1n) is 9.03. The number of nitrogens with one attached hydrogen (secondary N) is 1. The van der Waals surface area contributed by atoms with Gasteiger partial charge in [-0.05, 0) is 37.9 Å². The van der Waals surface area contributed by atoms with Gasteiger partial charge in [0.15, 0.2) is 5.11 Å². The molecule has 0 unspecified atom stereocenters. The summed E-state index contributed by atoms with van der Waals surface area (Å²) in [6.45, 7) is 5.82. The molecule has 0 aromatic heterocycles. The Bertz CT molecular complexity index is 372. The highest BCUT2D eigenvalue weighted by atomic mass is 32.1. The fourth-order valence-electron chi connectivity index (χ4n) is 3.70. The molecule has 1 amide bonds. The summed E-state index contributed by atoms with van der Waals surface area (Å²) in [5.74, 6) is 0.0362. The smallest absolute Gasteiger partial charge is 0.231 e. The summed E-state index contributed by atoms with van der Waals surface area (Å²) in [4.78, 5) is 14.7. The first-order chi connectivity index (χ1) is 10.4. The zero-order valence-electron chi connectivity index (χ0n) is 14.5. The molecule has 1 N–H and O–H groups in total. The van der Waals surface area contributed by atoms with E-state index in [0.717, 1.165) is 0 Å². The molecule has 2 rings (SSSR count). The molecule has 0 spiro atoms. The van der Waals surface area contributed by atoms with Gasteiger partial charge in [0, 0.05) is 17.5 Å². The van der Waals surface area contributed by atoms with Crippen LogP contribution in [0.25, 0.3) is 0 Å². The van der Waals surface area contributed by atoms with Crippen molar-refractivity contribution in [3.63, 3.8) is 0 Å². The van der Waals surface area contributed by atoms with E-state index in [-0.39, 0.29) is 5.91 Å². The summed E-state index contributed by atoms with van der Waals surface area (Å²) in [5.41, 5.74) is -0.394. The third kappa shape index (κ3) is 4.68. The number of hydrogen-bond donors (Lipinski definition) is 1. The summed E-state index contributed by atoms with van der Waals surface area (Å²) >= 11 is 5.68. The Hall–Kier alpha value is -0.640. The van der Waals surface area contributed by atoms with E-state index in [4.69, 9.17) is 12.2 Å². The van der Waals surface area contributed by atoms with Gasteiger partial charge in [-0.1, -0.05) is 59.3 Å². The molecule has 0 aliphatic heterocycles. The van der Waals surface area contributed by atoms with Gasteiger partial charge in [0.2, 0.25) is 5.91 Å².